The molecule has 96 valence electrons. The van der Waals surface area contributed by atoms with Gasteiger partial charge in [-0.25, -0.2) is 4.98 Å². The number of aromatic nitrogens is 2. The van der Waals surface area contributed by atoms with Gasteiger partial charge in [0.05, 0.1) is 27.5 Å². The van der Waals surface area contributed by atoms with E-state index in [9.17, 15) is 0 Å². The third-order valence-corrected chi connectivity index (χ3v) is 5.46. The Bertz CT molecular complexity index is 953. The van der Waals surface area contributed by atoms with Crippen molar-refractivity contribution in [2.24, 2.45) is 7.05 Å². The van der Waals surface area contributed by atoms with Gasteiger partial charge < -0.3 is 4.57 Å². The Morgan fingerprint density at radius 2 is 2.10 bits per heavy atom. The van der Waals surface area contributed by atoms with Gasteiger partial charge in [-0.15, -0.1) is 22.7 Å². The molecule has 3 nitrogen and oxygen atoms in total. The average molecular weight is 295 g/mol. The lowest BCUT2D eigenvalue weighted by Crippen LogP contribution is -1.90. The maximum Gasteiger partial charge on any atom is 0.151 e. The second-order valence-corrected chi connectivity index (χ2v) is 6.60. The minimum Gasteiger partial charge on any atom is -0.326 e. The highest BCUT2D eigenvalue weighted by Crippen LogP contribution is 2.36. The summed E-state index contributed by atoms with van der Waals surface area (Å²) in [6, 6.07) is 12.1. The minimum atomic E-state index is 0.648. The number of hydrogen-bond acceptors (Lipinski definition) is 4. The molecule has 0 saturated heterocycles. The van der Waals surface area contributed by atoms with Crippen LogP contribution in [0, 0.1) is 11.3 Å². The Labute approximate surface area is 123 Å². The maximum atomic E-state index is 8.98. The third-order valence-electron chi connectivity index (χ3n) is 3.37. The Morgan fingerprint density at radius 3 is 2.90 bits per heavy atom. The fraction of sp³-hybridized carbons (Fsp3) is 0.0667. The van der Waals surface area contributed by atoms with E-state index in [-0.39, 0.29) is 0 Å². The standard InChI is InChI=1S/C15H9N3S2/c1-18-11-3-2-9(8-16)6-10(11)17-15(18)14-7-13-12(20-14)4-5-19-13/h2-7H,1H3. The van der Waals surface area contributed by atoms with Crippen LogP contribution >= 0.6 is 22.7 Å². The molecule has 0 spiro atoms. The summed E-state index contributed by atoms with van der Waals surface area (Å²) in [5, 5.41) is 11.1. The van der Waals surface area contributed by atoms with Gasteiger partial charge in [0.1, 0.15) is 0 Å². The molecule has 0 bridgehead atoms. The lowest BCUT2D eigenvalue weighted by atomic mass is 10.2. The predicted molar refractivity (Wildman–Crippen MR) is 84.1 cm³/mol. The fourth-order valence-electron chi connectivity index (χ4n) is 2.37. The van der Waals surface area contributed by atoms with Crippen LogP contribution in [0.15, 0.2) is 35.7 Å². The highest BCUT2D eigenvalue weighted by Gasteiger charge is 2.13. The van der Waals surface area contributed by atoms with Crippen LogP contribution in [0.2, 0.25) is 0 Å². The SMILES string of the molecule is Cn1c(-c2cc3sccc3s2)nc2cc(C#N)ccc21. The predicted octanol–water partition coefficient (Wildman–Crippen LogP) is 4.39. The van der Waals surface area contributed by atoms with Gasteiger partial charge in [0.2, 0.25) is 0 Å². The van der Waals surface area contributed by atoms with Gasteiger partial charge in [-0.2, -0.15) is 5.26 Å². The number of benzene rings is 1. The van der Waals surface area contributed by atoms with Crippen molar-refractivity contribution < 1.29 is 0 Å². The second-order valence-electron chi connectivity index (χ2n) is 4.57. The first-order chi connectivity index (χ1) is 9.76. The molecule has 0 aliphatic carbocycles. The van der Waals surface area contributed by atoms with Crippen molar-refractivity contribution in [2.75, 3.05) is 0 Å². The summed E-state index contributed by atoms with van der Waals surface area (Å²) < 4.78 is 4.69. The first-order valence-electron chi connectivity index (χ1n) is 6.10. The van der Waals surface area contributed by atoms with Crippen molar-refractivity contribution in [3.63, 3.8) is 0 Å². The lowest BCUT2D eigenvalue weighted by Gasteiger charge is -1.98. The molecule has 0 unspecified atom stereocenters. The average Bonchev–Trinajstić information content (AvgIpc) is 3.11. The summed E-state index contributed by atoms with van der Waals surface area (Å²) in [5.74, 6) is 0.962. The second kappa shape index (κ2) is 4.17. The summed E-state index contributed by atoms with van der Waals surface area (Å²) in [6.45, 7) is 0. The highest BCUT2D eigenvalue weighted by atomic mass is 32.1. The van der Waals surface area contributed by atoms with E-state index in [2.05, 4.69) is 28.1 Å². The first kappa shape index (κ1) is 11.6. The molecule has 4 aromatic rings. The molecule has 3 aromatic heterocycles. The summed E-state index contributed by atoms with van der Waals surface area (Å²) in [6.07, 6.45) is 0. The van der Waals surface area contributed by atoms with E-state index >= 15 is 0 Å². The van der Waals surface area contributed by atoms with E-state index in [1.165, 1.54) is 14.3 Å². The lowest BCUT2D eigenvalue weighted by molar-refractivity contribution is 0.963. The minimum absolute atomic E-state index is 0.648. The van der Waals surface area contributed by atoms with Gasteiger partial charge in [-0.05, 0) is 35.7 Å². The summed E-state index contributed by atoms with van der Waals surface area (Å²) in [5.41, 5.74) is 2.57. The van der Waals surface area contributed by atoms with Gasteiger partial charge in [0.15, 0.2) is 5.82 Å². The van der Waals surface area contributed by atoms with E-state index in [4.69, 9.17) is 10.2 Å². The highest BCUT2D eigenvalue weighted by molar-refractivity contribution is 7.28. The third kappa shape index (κ3) is 1.59. The van der Waals surface area contributed by atoms with Crippen molar-refractivity contribution in [1.29, 1.82) is 5.26 Å². The quantitative estimate of drug-likeness (QED) is 0.522. The van der Waals surface area contributed by atoms with E-state index in [1.807, 2.05) is 25.2 Å². The van der Waals surface area contributed by atoms with Crippen LogP contribution in [0.4, 0.5) is 0 Å². The first-order valence-corrected chi connectivity index (χ1v) is 7.80. The molecule has 0 amide bonds. The molecule has 0 atom stereocenters. The number of aryl methyl sites for hydroxylation is 1. The van der Waals surface area contributed by atoms with Crippen LogP contribution in [-0.2, 0) is 7.05 Å². The topological polar surface area (TPSA) is 41.6 Å². The van der Waals surface area contributed by atoms with Crippen molar-refractivity contribution in [3.05, 3.63) is 41.3 Å². The van der Waals surface area contributed by atoms with Gasteiger partial charge in [-0.1, -0.05) is 0 Å². The summed E-state index contributed by atoms with van der Waals surface area (Å²) >= 11 is 3.51. The molecule has 20 heavy (non-hydrogen) atoms. The Kier molecular flexibility index (Phi) is 2.43. The number of thiophene rings is 2. The Morgan fingerprint density at radius 1 is 1.20 bits per heavy atom. The van der Waals surface area contributed by atoms with Crippen molar-refractivity contribution >= 4 is 43.1 Å². The largest absolute Gasteiger partial charge is 0.326 e. The normalized spacial score (nSPS) is 11.2. The van der Waals surface area contributed by atoms with Crippen molar-refractivity contribution in [3.8, 4) is 16.8 Å². The smallest absolute Gasteiger partial charge is 0.151 e. The van der Waals surface area contributed by atoms with Crippen LogP contribution in [0.5, 0.6) is 0 Å². The number of imidazole rings is 1. The molecule has 0 saturated carbocycles. The molecule has 5 heteroatoms. The van der Waals surface area contributed by atoms with E-state index in [1.54, 1.807) is 22.7 Å². The monoisotopic (exact) mass is 295 g/mol. The molecule has 1 aromatic carbocycles. The van der Waals surface area contributed by atoms with Crippen molar-refractivity contribution in [2.45, 2.75) is 0 Å². The van der Waals surface area contributed by atoms with Gasteiger partial charge in [0, 0.05) is 16.4 Å². The molecule has 3 heterocycles. The van der Waals surface area contributed by atoms with Crippen LogP contribution in [0.1, 0.15) is 5.56 Å². The Hall–Kier alpha value is -2.16. The molecule has 0 fully saturated rings. The van der Waals surface area contributed by atoms with Gasteiger partial charge >= 0.3 is 0 Å². The summed E-state index contributed by atoms with van der Waals surface area (Å²) in [4.78, 5) is 5.86. The zero-order valence-corrected chi connectivity index (χ0v) is 12.3. The number of hydrogen-bond donors (Lipinski definition) is 0. The zero-order chi connectivity index (χ0) is 13.7. The van der Waals surface area contributed by atoms with Crippen LogP contribution in [0.3, 0.4) is 0 Å². The molecule has 4 rings (SSSR count). The number of nitriles is 1. The number of fused-ring (bicyclic) bond motifs is 2. The van der Waals surface area contributed by atoms with E-state index in [0.717, 1.165) is 16.9 Å². The Balaban J connectivity index is 1.97. The molecule has 0 radical (unpaired) electrons. The van der Waals surface area contributed by atoms with E-state index in [0.29, 0.717) is 5.56 Å². The van der Waals surface area contributed by atoms with Gasteiger partial charge in [0.25, 0.3) is 0 Å². The fourth-order valence-corrected chi connectivity index (χ4v) is 4.50. The number of nitrogens with zero attached hydrogens (tertiary/aromatic N) is 3. The molecule has 0 N–H and O–H groups in total. The van der Waals surface area contributed by atoms with Crippen LogP contribution in [0.25, 0.3) is 31.1 Å². The molecular weight excluding hydrogens is 286 g/mol. The number of rotatable bonds is 1. The maximum absolute atomic E-state index is 8.98. The molecule has 0 aliphatic rings. The summed E-state index contributed by atoms with van der Waals surface area (Å²) in [7, 11) is 2.02. The van der Waals surface area contributed by atoms with Gasteiger partial charge in [-0.3, -0.25) is 0 Å². The molecule has 0 aliphatic heterocycles. The molecular formula is C15H9N3S2. The van der Waals surface area contributed by atoms with Crippen molar-refractivity contribution in [1.82, 2.24) is 9.55 Å². The van der Waals surface area contributed by atoms with E-state index < -0.39 is 0 Å². The van der Waals surface area contributed by atoms with Crippen LogP contribution < -0.4 is 0 Å². The van der Waals surface area contributed by atoms with Crippen LogP contribution in [-0.4, -0.2) is 9.55 Å². The zero-order valence-electron chi connectivity index (χ0n) is 10.6.